The van der Waals surface area contributed by atoms with Gasteiger partial charge in [0.15, 0.2) is 0 Å². The first-order valence-electron chi connectivity index (χ1n) is 9.58. The topological polar surface area (TPSA) is 85.3 Å². The van der Waals surface area contributed by atoms with E-state index in [0.29, 0.717) is 25.3 Å². The molecule has 7 nitrogen and oxygen atoms in total. The van der Waals surface area contributed by atoms with Gasteiger partial charge in [0.2, 0.25) is 0 Å². The Morgan fingerprint density at radius 1 is 1.19 bits per heavy atom. The summed E-state index contributed by atoms with van der Waals surface area (Å²) in [5, 5.41) is 13.4. The molecule has 2 heterocycles. The number of halogens is 1. The number of benzene rings is 1. The Balaban J connectivity index is 2.20. The second-order valence-corrected chi connectivity index (χ2v) is 8.35. The SMILES string of the molecule is COCCCN1C(=O)C(=O)/C(=C(/O)c2cc(Cl)c(OC)cc2OC)C1c1sccc1C. The van der Waals surface area contributed by atoms with E-state index in [1.807, 2.05) is 18.4 Å². The lowest BCUT2D eigenvalue weighted by atomic mass is 9.97. The molecule has 1 saturated heterocycles. The molecule has 3 rings (SSSR count). The van der Waals surface area contributed by atoms with Crippen molar-refractivity contribution in [2.45, 2.75) is 19.4 Å². The van der Waals surface area contributed by atoms with Crippen LogP contribution in [-0.2, 0) is 14.3 Å². The van der Waals surface area contributed by atoms with E-state index in [2.05, 4.69) is 0 Å². The molecule has 0 aliphatic carbocycles. The van der Waals surface area contributed by atoms with E-state index in [1.165, 1.54) is 42.6 Å². The zero-order valence-electron chi connectivity index (χ0n) is 17.7. The fourth-order valence-electron chi connectivity index (χ4n) is 3.62. The Kier molecular flexibility index (Phi) is 7.25. The third-order valence-electron chi connectivity index (χ3n) is 5.17. The molecule has 0 bridgehead atoms. The van der Waals surface area contributed by atoms with Crippen molar-refractivity contribution in [3.05, 3.63) is 50.2 Å². The number of hydrogen-bond acceptors (Lipinski definition) is 7. The summed E-state index contributed by atoms with van der Waals surface area (Å²) < 4.78 is 15.7. The first-order valence-corrected chi connectivity index (χ1v) is 10.8. The van der Waals surface area contributed by atoms with Crippen LogP contribution in [0.3, 0.4) is 0 Å². The van der Waals surface area contributed by atoms with Gasteiger partial charge in [-0.25, -0.2) is 0 Å². The summed E-state index contributed by atoms with van der Waals surface area (Å²) in [6.45, 7) is 2.67. The number of Topliss-reactive ketones (excluding diaryl/α,β-unsaturated/α-hetero) is 1. The Bertz CT molecular complexity index is 1030. The second-order valence-electron chi connectivity index (χ2n) is 6.99. The fraction of sp³-hybridized carbons (Fsp3) is 0.364. The number of thiophene rings is 1. The molecule has 1 aromatic carbocycles. The molecule has 1 fully saturated rings. The maximum absolute atomic E-state index is 13.1. The summed E-state index contributed by atoms with van der Waals surface area (Å²) in [6, 6.07) is 4.20. The van der Waals surface area contributed by atoms with Crippen molar-refractivity contribution in [2.75, 3.05) is 34.5 Å². The van der Waals surface area contributed by atoms with Gasteiger partial charge in [0.05, 0.1) is 36.4 Å². The molecule has 1 N–H and O–H groups in total. The highest BCUT2D eigenvalue weighted by Gasteiger charge is 2.47. The van der Waals surface area contributed by atoms with Crippen LogP contribution in [0.2, 0.25) is 5.02 Å². The number of ether oxygens (including phenoxy) is 3. The van der Waals surface area contributed by atoms with Crippen molar-refractivity contribution in [3.8, 4) is 11.5 Å². The number of hydrogen-bond donors (Lipinski definition) is 1. The molecule has 1 aliphatic rings. The third kappa shape index (κ3) is 4.28. The fourth-order valence-corrected chi connectivity index (χ4v) is 4.90. The molecule has 9 heteroatoms. The van der Waals surface area contributed by atoms with Gasteiger partial charge >= 0.3 is 0 Å². The maximum Gasteiger partial charge on any atom is 0.295 e. The molecule has 31 heavy (non-hydrogen) atoms. The van der Waals surface area contributed by atoms with Gasteiger partial charge < -0.3 is 24.2 Å². The van der Waals surface area contributed by atoms with Crippen LogP contribution in [0.5, 0.6) is 11.5 Å². The minimum absolute atomic E-state index is 0.00694. The Morgan fingerprint density at radius 3 is 2.48 bits per heavy atom. The number of aliphatic hydroxyl groups excluding tert-OH is 1. The van der Waals surface area contributed by atoms with Crippen LogP contribution in [0.4, 0.5) is 0 Å². The van der Waals surface area contributed by atoms with E-state index in [0.717, 1.165) is 10.4 Å². The van der Waals surface area contributed by atoms with Gasteiger partial charge in [0.1, 0.15) is 17.3 Å². The second kappa shape index (κ2) is 9.72. The Hall–Kier alpha value is -2.55. The summed E-state index contributed by atoms with van der Waals surface area (Å²) in [7, 11) is 4.48. The number of nitrogens with zero attached hydrogens (tertiary/aromatic N) is 1. The quantitative estimate of drug-likeness (QED) is 0.272. The van der Waals surface area contributed by atoms with Crippen molar-refractivity contribution in [2.24, 2.45) is 0 Å². The summed E-state index contributed by atoms with van der Waals surface area (Å²) in [6.07, 6.45) is 0.558. The number of carbonyl (C=O) groups is 2. The lowest BCUT2D eigenvalue weighted by molar-refractivity contribution is -0.140. The minimum Gasteiger partial charge on any atom is -0.507 e. The molecule has 0 spiro atoms. The zero-order valence-corrected chi connectivity index (χ0v) is 19.3. The van der Waals surface area contributed by atoms with E-state index in [-0.39, 0.29) is 27.7 Å². The van der Waals surface area contributed by atoms with Gasteiger partial charge in [-0.1, -0.05) is 11.6 Å². The molecular formula is C22H24ClNO6S. The molecule has 1 atom stereocenters. The number of methoxy groups -OCH3 is 3. The predicted octanol–water partition coefficient (Wildman–Crippen LogP) is 4.19. The summed E-state index contributed by atoms with van der Waals surface area (Å²) in [5.74, 6) is -1.12. The van der Waals surface area contributed by atoms with Crippen molar-refractivity contribution in [1.82, 2.24) is 4.90 Å². The molecule has 2 aromatic rings. The number of likely N-dealkylation sites (tertiary alicyclic amines) is 1. The molecule has 0 radical (unpaired) electrons. The lowest BCUT2D eigenvalue weighted by Gasteiger charge is -2.25. The summed E-state index contributed by atoms with van der Waals surface area (Å²) in [4.78, 5) is 28.3. The molecular weight excluding hydrogens is 442 g/mol. The number of amides is 1. The molecule has 1 aromatic heterocycles. The van der Waals surface area contributed by atoms with Crippen molar-refractivity contribution in [1.29, 1.82) is 0 Å². The van der Waals surface area contributed by atoms with Crippen LogP contribution >= 0.6 is 22.9 Å². The van der Waals surface area contributed by atoms with E-state index >= 15 is 0 Å². The van der Waals surface area contributed by atoms with Crippen LogP contribution < -0.4 is 9.47 Å². The van der Waals surface area contributed by atoms with E-state index in [4.69, 9.17) is 25.8 Å². The third-order valence-corrected chi connectivity index (χ3v) is 6.53. The van der Waals surface area contributed by atoms with Gasteiger partial charge in [-0.2, -0.15) is 0 Å². The summed E-state index contributed by atoms with van der Waals surface area (Å²) >= 11 is 7.69. The van der Waals surface area contributed by atoms with Crippen molar-refractivity contribution < 1.29 is 28.9 Å². The number of aliphatic hydroxyl groups is 1. The van der Waals surface area contributed by atoms with Gasteiger partial charge in [0, 0.05) is 31.2 Å². The first kappa shape index (κ1) is 23.1. The van der Waals surface area contributed by atoms with E-state index in [1.54, 1.807) is 7.11 Å². The van der Waals surface area contributed by atoms with Crippen molar-refractivity contribution in [3.63, 3.8) is 0 Å². The highest BCUT2D eigenvalue weighted by molar-refractivity contribution is 7.10. The van der Waals surface area contributed by atoms with Crippen LogP contribution in [0.15, 0.2) is 29.2 Å². The normalized spacial score (nSPS) is 18.0. The molecule has 166 valence electrons. The number of carbonyl (C=O) groups excluding carboxylic acids is 2. The minimum atomic E-state index is -0.748. The maximum atomic E-state index is 13.1. The zero-order chi connectivity index (χ0) is 22.7. The molecule has 1 unspecified atom stereocenters. The van der Waals surface area contributed by atoms with E-state index in [9.17, 15) is 14.7 Å². The molecule has 1 aliphatic heterocycles. The highest BCUT2D eigenvalue weighted by atomic mass is 35.5. The van der Waals surface area contributed by atoms with Crippen molar-refractivity contribution >= 4 is 40.4 Å². The number of ketones is 1. The smallest absolute Gasteiger partial charge is 0.295 e. The highest BCUT2D eigenvalue weighted by Crippen LogP contribution is 2.45. The standard InChI is InChI=1S/C22H24ClNO6S/c1-12-6-9-31-21(12)18-17(20(26)22(27)24(18)7-5-8-28-2)19(25)13-10-14(23)16(30-4)11-15(13)29-3/h6,9-11,18,25H,5,7-8H2,1-4H3/b19-17+. The summed E-state index contributed by atoms with van der Waals surface area (Å²) in [5.41, 5.74) is 1.15. The predicted molar refractivity (Wildman–Crippen MR) is 119 cm³/mol. The van der Waals surface area contributed by atoms with Gasteiger partial charge in [-0.3, -0.25) is 9.59 Å². The van der Waals surface area contributed by atoms with E-state index < -0.39 is 17.7 Å². The average molecular weight is 466 g/mol. The van der Waals surface area contributed by atoms with Crippen LogP contribution in [0, 0.1) is 6.92 Å². The van der Waals surface area contributed by atoms with Gasteiger partial charge in [0.25, 0.3) is 11.7 Å². The number of rotatable bonds is 8. The van der Waals surface area contributed by atoms with Crippen LogP contribution in [-0.4, -0.2) is 56.2 Å². The Labute approximate surface area is 189 Å². The lowest BCUT2D eigenvalue weighted by Crippen LogP contribution is -2.31. The van der Waals surface area contributed by atoms with Gasteiger partial charge in [-0.15, -0.1) is 11.3 Å². The first-order chi connectivity index (χ1) is 14.8. The Morgan fingerprint density at radius 2 is 1.90 bits per heavy atom. The molecule has 1 amide bonds. The molecule has 0 saturated carbocycles. The van der Waals surface area contributed by atoms with Gasteiger partial charge in [-0.05, 0) is 36.4 Å². The largest absolute Gasteiger partial charge is 0.507 e. The average Bonchev–Trinajstić information content (AvgIpc) is 3.28. The monoisotopic (exact) mass is 465 g/mol. The number of aryl methyl sites for hydroxylation is 1. The van der Waals surface area contributed by atoms with Crippen LogP contribution in [0.25, 0.3) is 5.76 Å². The van der Waals surface area contributed by atoms with Crippen LogP contribution in [0.1, 0.15) is 28.5 Å².